The summed E-state index contributed by atoms with van der Waals surface area (Å²) in [6.07, 6.45) is 3.71. The van der Waals surface area contributed by atoms with Crippen molar-refractivity contribution >= 4 is 21.7 Å². The van der Waals surface area contributed by atoms with Crippen LogP contribution < -0.4 is 0 Å². The highest BCUT2D eigenvalue weighted by Crippen LogP contribution is 2.23. The Kier molecular flexibility index (Phi) is 4.95. The van der Waals surface area contributed by atoms with Crippen LogP contribution in [0.3, 0.4) is 0 Å². The fourth-order valence-corrected chi connectivity index (χ4v) is 3.02. The summed E-state index contributed by atoms with van der Waals surface area (Å²) in [6.45, 7) is 2.06. The third-order valence-corrected chi connectivity index (χ3v) is 4.40. The summed E-state index contributed by atoms with van der Waals surface area (Å²) in [7, 11) is 2.16. The van der Waals surface area contributed by atoms with Crippen molar-refractivity contribution in [3.8, 4) is 0 Å². The summed E-state index contributed by atoms with van der Waals surface area (Å²) in [5.41, 5.74) is 1.33. The van der Waals surface area contributed by atoms with Gasteiger partial charge < -0.3 is 4.90 Å². The number of carbonyl (C=O) groups excluding carboxylic acids is 1. The Morgan fingerprint density at radius 1 is 1.28 bits per heavy atom. The van der Waals surface area contributed by atoms with Crippen molar-refractivity contribution in [2.75, 3.05) is 13.6 Å². The third-order valence-electron chi connectivity index (χ3n) is 3.63. The maximum absolute atomic E-state index is 11.2. The van der Waals surface area contributed by atoms with Gasteiger partial charge in [-0.2, -0.15) is 0 Å². The van der Waals surface area contributed by atoms with Gasteiger partial charge in [0.2, 0.25) is 0 Å². The van der Waals surface area contributed by atoms with Crippen LogP contribution >= 0.6 is 15.9 Å². The molecule has 2 rings (SSSR count). The fraction of sp³-hybridized carbons (Fsp3) is 0.533. The molecular weight excluding hydrogens is 290 g/mol. The second-order valence-electron chi connectivity index (χ2n) is 5.27. The molecule has 0 atom stereocenters. The van der Waals surface area contributed by atoms with Crippen LogP contribution in [0.1, 0.15) is 31.2 Å². The van der Waals surface area contributed by atoms with Gasteiger partial charge in [-0.3, -0.25) is 4.79 Å². The zero-order chi connectivity index (χ0) is 13.0. The second-order valence-corrected chi connectivity index (χ2v) is 6.12. The van der Waals surface area contributed by atoms with Crippen molar-refractivity contribution in [1.29, 1.82) is 0 Å². The highest BCUT2D eigenvalue weighted by molar-refractivity contribution is 9.10. The summed E-state index contributed by atoms with van der Waals surface area (Å²) >= 11 is 3.59. The van der Waals surface area contributed by atoms with Crippen molar-refractivity contribution in [1.82, 2.24) is 4.90 Å². The average molecular weight is 310 g/mol. The predicted molar refractivity (Wildman–Crippen MR) is 77.4 cm³/mol. The number of benzene rings is 1. The molecule has 0 amide bonds. The molecule has 0 aromatic heterocycles. The van der Waals surface area contributed by atoms with Gasteiger partial charge in [-0.1, -0.05) is 34.1 Å². The standard InChI is InChI=1S/C15H20BrNO/c1-17(10-12-6-8-14(18)9-7-12)11-13-4-2-3-5-15(13)16/h2-5,12H,6-11H2,1H3. The highest BCUT2D eigenvalue weighted by atomic mass is 79.9. The number of Topliss-reactive ketones (excluding diaryl/α,β-unsaturated/α-hetero) is 1. The fourth-order valence-electron chi connectivity index (χ4n) is 2.60. The van der Waals surface area contributed by atoms with Crippen LogP contribution in [0.5, 0.6) is 0 Å². The molecule has 3 heteroatoms. The first-order chi connectivity index (χ1) is 8.65. The van der Waals surface area contributed by atoms with Crippen LogP contribution in [0.15, 0.2) is 28.7 Å². The van der Waals surface area contributed by atoms with E-state index >= 15 is 0 Å². The first kappa shape index (κ1) is 13.8. The van der Waals surface area contributed by atoms with E-state index in [1.54, 1.807) is 0 Å². The average Bonchev–Trinajstić information content (AvgIpc) is 2.35. The molecule has 0 unspecified atom stereocenters. The molecule has 0 radical (unpaired) electrons. The lowest BCUT2D eigenvalue weighted by molar-refractivity contribution is -0.121. The molecule has 1 aromatic rings. The van der Waals surface area contributed by atoms with E-state index in [4.69, 9.17) is 0 Å². The molecule has 1 saturated carbocycles. The van der Waals surface area contributed by atoms with E-state index in [-0.39, 0.29) is 0 Å². The summed E-state index contributed by atoms with van der Waals surface area (Å²) in [4.78, 5) is 13.6. The van der Waals surface area contributed by atoms with Crippen LogP contribution in [0.25, 0.3) is 0 Å². The Balaban J connectivity index is 1.83. The second kappa shape index (κ2) is 6.48. The van der Waals surface area contributed by atoms with Gasteiger partial charge in [-0.15, -0.1) is 0 Å². The maximum Gasteiger partial charge on any atom is 0.132 e. The van der Waals surface area contributed by atoms with Gasteiger partial charge in [0.1, 0.15) is 5.78 Å². The first-order valence-corrected chi connectivity index (χ1v) is 7.38. The van der Waals surface area contributed by atoms with E-state index in [2.05, 4.69) is 46.1 Å². The van der Waals surface area contributed by atoms with E-state index in [9.17, 15) is 4.79 Å². The van der Waals surface area contributed by atoms with Crippen molar-refractivity contribution < 1.29 is 4.79 Å². The van der Waals surface area contributed by atoms with Gasteiger partial charge in [-0.25, -0.2) is 0 Å². The van der Waals surface area contributed by atoms with Crippen LogP contribution in [0, 0.1) is 5.92 Å². The van der Waals surface area contributed by atoms with Crippen molar-refractivity contribution in [2.24, 2.45) is 5.92 Å². The van der Waals surface area contributed by atoms with E-state index in [0.29, 0.717) is 11.7 Å². The molecule has 0 heterocycles. The Labute approximate surface area is 117 Å². The summed E-state index contributed by atoms with van der Waals surface area (Å²) in [6, 6.07) is 8.36. The van der Waals surface area contributed by atoms with E-state index in [1.807, 2.05) is 6.07 Å². The normalized spacial score (nSPS) is 17.4. The van der Waals surface area contributed by atoms with Crippen molar-refractivity contribution in [3.05, 3.63) is 34.3 Å². The molecule has 98 valence electrons. The molecule has 1 aromatic carbocycles. The van der Waals surface area contributed by atoms with E-state index in [0.717, 1.165) is 38.8 Å². The zero-order valence-corrected chi connectivity index (χ0v) is 12.4. The van der Waals surface area contributed by atoms with Gasteiger partial charge in [0.05, 0.1) is 0 Å². The smallest absolute Gasteiger partial charge is 0.132 e. The van der Waals surface area contributed by atoms with Gasteiger partial charge in [0, 0.05) is 30.4 Å². The minimum Gasteiger partial charge on any atom is -0.302 e. The molecule has 2 nitrogen and oxygen atoms in total. The van der Waals surface area contributed by atoms with Gasteiger partial charge in [0.15, 0.2) is 0 Å². The quantitative estimate of drug-likeness (QED) is 0.846. The number of rotatable bonds is 4. The van der Waals surface area contributed by atoms with Crippen LogP contribution in [-0.2, 0) is 11.3 Å². The predicted octanol–water partition coefficient (Wildman–Crippen LogP) is 3.64. The van der Waals surface area contributed by atoms with Gasteiger partial charge in [-0.05, 0) is 37.4 Å². The molecule has 1 fully saturated rings. The highest BCUT2D eigenvalue weighted by Gasteiger charge is 2.20. The van der Waals surface area contributed by atoms with Crippen LogP contribution in [0.2, 0.25) is 0 Å². The number of carbonyl (C=O) groups is 1. The summed E-state index contributed by atoms with van der Waals surface area (Å²) in [5, 5.41) is 0. The van der Waals surface area contributed by atoms with Crippen LogP contribution in [0.4, 0.5) is 0 Å². The molecule has 1 aliphatic carbocycles. The molecular formula is C15H20BrNO. The summed E-state index contributed by atoms with van der Waals surface area (Å²) in [5.74, 6) is 1.13. The lowest BCUT2D eigenvalue weighted by atomic mass is 9.88. The van der Waals surface area contributed by atoms with Crippen molar-refractivity contribution in [2.45, 2.75) is 32.2 Å². The molecule has 1 aliphatic rings. The minimum absolute atomic E-state index is 0.444. The minimum atomic E-state index is 0.444. The zero-order valence-electron chi connectivity index (χ0n) is 10.9. The Morgan fingerprint density at radius 2 is 1.94 bits per heavy atom. The van der Waals surface area contributed by atoms with E-state index < -0.39 is 0 Å². The molecule has 0 spiro atoms. The summed E-state index contributed by atoms with van der Waals surface area (Å²) < 4.78 is 1.18. The molecule has 0 bridgehead atoms. The molecule has 0 aliphatic heterocycles. The number of ketones is 1. The molecule has 0 saturated heterocycles. The monoisotopic (exact) mass is 309 g/mol. The number of halogens is 1. The van der Waals surface area contributed by atoms with Crippen LogP contribution in [-0.4, -0.2) is 24.3 Å². The largest absolute Gasteiger partial charge is 0.302 e. The molecule has 18 heavy (non-hydrogen) atoms. The number of nitrogens with zero attached hydrogens (tertiary/aromatic N) is 1. The van der Waals surface area contributed by atoms with Gasteiger partial charge >= 0.3 is 0 Å². The topological polar surface area (TPSA) is 20.3 Å². The number of hydrogen-bond acceptors (Lipinski definition) is 2. The SMILES string of the molecule is CN(Cc1ccccc1Br)CC1CCC(=O)CC1. The molecule has 0 N–H and O–H groups in total. The van der Waals surface area contributed by atoms with E-state index in [1.165, 1.54) is 10.0 Å². The number of hydrogen-bond donors (Lipinski definition) is 0. The Morgan fingerprint density at radius 3 is 2.61 bits per heavy atom. The third kappa shape index (κ3) is 3.92. The maximum atomic E-state index is 11.2. The lowest BCUT2D eigenvalue weighted by Gasteiger charge is -2.26. The lowest BCUT2D eigenvalue weighted by Crippen LogP contribution is -2.28. The first-order valence-electron chi connectivity index (χ1n) is 6.59. The Bertz CT molecular complexity index is 409. The van der Waals surface area contributed by atoms with Gasteiger partial charge in [0.25, 0.3) is 0 Å². The Hall–Kier alpha value is -0.670. The van der Waals surface area contributed by atoms with Crippen molar-refractivity contribution in [3.63, 3.8) is 0 Å².